The Morgan fingerprint density at radius 2 is 1.88 bits per heavy atom. The Bertz CT molecular complexity index is 355. The smallest absolute Gasteiger partial charge is 0.161 e. The van der Waals surface area contributed by atoms with E-state index in [4.69, 9.17) is 15.2 Å². The van der Waals surface area contributed by atoms with Gasteiger partial charge >= 0.3 is 0 Å². The summed E-state index contributed by atoms with van der Waals surface area (Å²) >= 11 is 0. The van der Waals surface area contributed by atoms with Gasteiger partial charge in [-0.25, -0.2) is 0 Å². The van der Waals surface area contributed by atoms with Crippen molar-refractivity contribution in [3.05, 3.63) is 23.8 Å². The molecule has 1 aromatic rings. The van der Waals surface area contributed by atoms with E-state index in [1.165, 1.54) is 5.56 Å². The van der Waals surface area contributed by atoms with Crippen LogP contribution in [0.25, 0.3) is 0 Å². The molecule has 0 saturated carbocycles. The molecule has 96 valence electrons. The second-order valence-corrected chi connectivity index (χ2v) is 4.19. The topological polar surface area (TPSA) is 47.7 Å². The van der Waals surface area contributed by atoms with Gasteiger partial charge in [0.1, 0.15) is 0 Å². The Kier molecular flexibility index (Phi) is 5.25. The summed E-state index contributed by atoms with van der Waals surface area (Å²) in [6.45, 7) is 3.61. The Morgan fingerprint density at radius 3 is 2.41 bits per heavy atom. The summed E-state index contributed by atoms with van der Waals surface area (Å²) in [5.74, 6) is 1.52. The first kappa shape index (κ1) is 13.8. The summed E-state index contributed by atoms with van der Waals surface area (Å²) in [7, 11) is 5.35. The number of benzene rings is 1. The molecular formula is C13H22N2O2. The average Bonchev–Trinajstić information content (AvgIpc) is 2.37. The van der Waals surface area contributed by atoms with Gasteiger partial charge in [-0.15, -0.1) is 0 Å². The van der Waals surface area contributed by atoms with Crippen LogP contribution in [0.1, 0.15) is 12.5 Å². The number of rotatable bonds is 6. The van der Waals surface area contributed by atoms with Crippen LogP contribution in [-0.2, 0) is 6.54 Å². The van der Waals surface area contributed by atoms with Crippen LogP contribution in [0.3, 0.4) is 0 Å². The lowest BCUT2D eigenvalue weighted by atomic mass is 10.1. The minimum absolute atomic E-state index is 0.364. The molecule has 1 atom stereocenters. The molecule has 0 spiro atoms. The van der Waals surface area contributed by atoms with E-state index >= 15 is 0 Å². The minimum atomic E-state index is 0.364. The average molecular weight is 238 g/mol. The number of nitrogens with two attached hydrogens (primary N) is 1. The molecule has 1 rings (SSSR count). The van der Waals surface area contributed by atoms with E-state index in [1.807, 2.05) is 18.2 Å². The molecule has 0 fully saturated rings. The van der Waals surface area contributed by atoms with Crippen LogP contribution in [0.4, 0.5) is 0 Å². The van der Waals surface area contributed by atoms with E-state index < -0.39 is 0 Å². The van der Waals surface area contributed by atoms with E-state index in [0.717, 1.165) is 18.0 Å². The summed E-state index contributed by atoms with van der Waals surface area (Å²) in [5, 5.41) is 0. The highest BCUT2D eigenvalue weighted by Gasteiger charge is 2.10. The Balaban J connectivity index is 2.78. The van der Waals surface area contributed by atoms with Gasteiger partial charge in [0.25, 0.3) is 0 Å². The molecule has 4 heteroatoms. The number of likely N-dealkylation sites (N-methyl/N-ethyl adjacent to an activating group) is 1. The lowest BCUT2D eigenvalue weighted by molar-refractivity contribution is 0.254. The van der Waals surface area contributed by atoms with Gasteiger partial charge in [0, 0.05) is 19.1 Å². The number of methoxy groups -OCH3 is 2. The van der Waals surface area contributed by atoms with Crippen LogP contribution < -0.4 is 15.2 Å². The summed E-state index contributed by atoms with van der Waals surface area (Å²) in [6.07, 6.45) is 0. The van der Waals surface area contributed by atoms with Gasteiger partial charge in [-0.2, -0.15) is 0 Å². The maximum atomic E-state index is 5.64. The van der Waals surface area contributed by atoms with Gasteiger partial charge in [-0.1, -0.05) is 6.07 Å². The fourth-order valence-electron chi connectivity index (χ4n) is 1.60. The van der Waals surface area contributed by atoms with Crippen LogP contribution in [0, 0.1) is 0 Å². The van der Waals surface area contributed by atoms with Crippen molar-refractivity contribution in [2.24, 2.45) is 5.73 Å². The Hall–Kier alpha value is -1.26. The zero-order valence-corrected chi connectivity index (χ0v) is 11.1. The maximum Gasteiger partial charge on any atom is 0.161 e. The number of nitrogens with zero attached hydrogens (tertiary/aromatic N) is 1. The highest BCUT2D eigenvalue weighted by Crippen LogP contribution is 2.27. The molecule has 2 N–H and O–H groups in total. The molecule has 0 heterocycles. The first-order chi connectivity index (χ1) is 8.12. The van der Waals surface area contributed by atoms with E-state index in [-0.39, 0.29) is 0 Å². The second kappa shape index (κ2) is 6.47. The van der Waals surface area contributed by atoms with E-state index in [9.17, 15) is 0 Å². The highest BCUT2D eigenvalue weighted by molar-refractivity contribution is 5.42. The summed E-state index contributed by atoms with van der Waals surface area (Å²) < 4.78 is 10.5. The van der Waals surface area contributed by atoms with Crippen LogP contribution in [0.2, 0.25) is 0 Å². The standard InChI is InChI=1S/C13H22N2O2/c1-10(8-14)15(2)9-11-5-6-12(16-3)13(7-11)17-4/h5-7,10H,8-9,14H2,1-4H3. The third-order valence-corrected chi connectivity index (χ3v) is 2.97. The van der Waals surface area contributed by atoms with Crippen molar-refractivity contribution in [2.45, 2.75) is 19.5 Å². The van der Waals surface area contributed by atoms with E-state index in [1.54, 1.807) is 14.2 Å². The van der Waals surface area contributed by atoms with Crippen molar-refractivity contribution in [3.63, 3.8) is 0 Å². The molecule has 0 aliphatic heterocycles. The van der Waals surface area contributed by atoms with Gasteiger partial charge in [-0.05, 0) is 31.7 Å². The third-order valence-electron chi connectivity index (χ3n) is 2.97. The quantitative estimate of drug-likeness (QED) is 0.815. The molecule has 0 aromatic heterocycles. The summed E-state index contributed by atoms with van der Waals surface area (Å²) in [4.78, 5) is 2.21. The van der Waals surface area contributed by atoms with Crippen LogP contribution in [0.5, 0.6) is 11.5 Å². The van der Waals surface area contributed by atoms with Crippen molar-refractivity contribution in [2.75, 3.05) is 27.8 Å². The normalized spacial score (nSPS) is 12.6. The van der Waals surface area contributed by atoms with Gasteiger partial charge in [0.05, 0.1) is 14.2 Å². The first-order valence-corrected chi connectivity index (χ1v) is 5.73. The third kappa shape index (κ3) is 3.61. The van der Waals surface area contributed by atoms with Gasteiger partial charge in [-0.3, -0.25) is 4.90 Å². The molecule has 1 aromatic carbocycles. The van der Waals surface area contributed by atoms with E-state index in [2.05, 4.69) is 18.9 Å². The summed E-state index contributed by atoms with van der Waals surface area (Å²) in [5.41, 5.74) is 6.83. The number of hydrogen-bond acceptors (Lipinski definition) is 4. The van der Waals surface area contributed by atoms with Crippen LogP contribution in [-0.4, -0.2) is 38.8 Å². The zero-order chi connectivity index (χ0) is 12.8. The molecule has 1 unspecified atom stereocenters. The van der Waals surface area contributed by atoms with Crippen molar-refractivity contribution in [1.82, 2.24) is 4.90 Å². The summed E-state index contributed by atoms with van der Waals surface area (Å²) in [6, 6.07) is 6.33. The monoisotopic (exact) mass is 238 g/mol. The van der Waals surface area contributed by atoms with Gasteiger partial charge in [0.2, 0.25) is 0 Å². The molecule has 0 amide bonds. The van der Waals surface area contributed by atoms with Crippen LogP contribution >= 0.6 is 0 Å². The van der Waals surface area contributed by atoms with Crippen LogP contribution in [0.15, 0.2) is 18.2 Å². The largest absolute Gasteiger partial charge is 0.493 e. The molecule has 0 bridgehead atoms. The molecular weight excluding hydrogens is 216 g/mol. The van der Waals surface area contributed by atoms with Crippen molar-refractivity contribution >= 4 is 0 Å². The maximum absolute atomic E-state index is 5.64. The van der Waals surface area contributed by atoms with Crippen molar-refractivity contribution < 1.29 is 9.47 Å². The Labute approximate surface area is 103 Å². The molecule has 0 aliphatic carbocycles. The predicted octanol–water partition coefficient (Wildman–Crippen LogP) is 1.48. The van der Waals surface area contributed by atoms with Crippen molar-refractivity contribution in [3.8, 4) is 11.5 Å². The minimum Gasteiger partial charge on any atom is -0.493 e. The lowest BCUT2D eigenvalue weighted by Gasteiger charge is -2.23. The molecule has 0 aliphatic rings. The zero-order valence-electron chi connectivity index (χ0n) is 11.1. The molecule has 0 saturated heterocycles. The molecule has 0 radical (unpaired) electrons. The Morgan fingerprint density at radius 1 is 1.24 bits per heavy atom. The fourth-order valence-corrected chi connectivity index (χ4v) is 1.60. The second-order valence-electron chi connectivity index (χ2n) is 4.19. The first-order valence-electron chi connectivity index (χ1n) is 5.73. The fraction of sp³-hybridized carbons (Fsp3) is 0.538. The molecule has 17 heavy (non-hydrogen) atoms. The lowest BCUT2D eigenvalue weighted by Crippen LogP contribution is -2.34. The van der Waals surface area contributed by atoms with Crippen molar-refractivity contribution in [1.29, 1.82) is 0 Å². The SMILES string of the molecule is COc1ccc(CN(C)C(C)CN)cc1OC. The number of ether oxygens (including phenoxy) is 2. The van der Waals surface area contributed by atoms with Gasteiger partial charge < -0.3 is 15.2 Å². The number of hydrogen-bond donors (Lipinski definition) is 1. The van der Waals surface area contributed by atoms with Gasteiger partial charge in [0.15, 0.2) is 11.5 Å². The molecule has 4 nitrogen and oxygen atoms in total. The van der Waals surface area contributed by atoms with E-state index in [0.29, 0.717) is 12.6 Å². The highest BCUT2D eigenvalue weighted by atomic mass is 16.5. The predicted molar refractivity (Wildman–Crippen MR) is 69.5 cm³/mol.